The Morgan fingerprint density at radius 3 is 2.77 bits per heavy atom. The number of aromatic nitrogens is 4. The molecule has 3 rings (SSSR count). The van der Waals surface area contributed by atoms with E-state index in [1.807, 2.05) is 43.3 Å². The SMILES string of the molecule is COc1ccc(-c2n[nH]c(=S)n2CC(=O)NC(C)c2cccnc2)cc1. The number of rotatable bonds is 6. The summed E-state index contributed by atoms with van der Waals surface area (Å²) in [6.07, 6.45) is 3.43. The summed E-state index contributed by atoms with van der Waals surface area (Å²) in [7, 11) is 1.61. The summed E-state index contributed by atoms with van der Waals surface area (Å²) in [4.78, 5) is 16.5. The van der Waals surface area contributed by atoms with Gasteiger partial charge in [0.05, 0.1) is 13.2 Å². The number of methoxy groups -OCH3 is 1. The molecule has 3 aromatic rings. The number of nitrogens with one attached hydrogen (secondary N) is 2. The molecule has 8 heteroatoms. The molecule has 0 saturated heterocycles. The first kappa shape index (κ1) is 17.8. The summed E-state index contributed by atoms with van der Waals surface area (Å²) in [6.45, 7) is 1.98. The van der Waals surface area contributed by atoms with Crippen molar-refractivity contribution >= 4 is 18.1 Å². The van der Waals surface area contributed by atoms with Crippen LogP contribution < -0.4 is 10.1 Å². The molecule has 2 heterocycles. The maximum Gasteiger partial charge on any atom is 0.240 e. The zero-order valence-corrected chi connectivity index (χ0v) is 15.3. The van der Waals surface area contributed by atoms with Gasteiger partial charge in [-0.2, -0.15) is 5.10 Å². The highest BCUT2D eigenvalue weighted by molar-refractivity contribution is 7.71. The summed E-state index contributed by atoms with van der Waals surface area (Å²) in [5.74, 6) is 1.19. The van der Waals surface area contributed by atoms with Crippen molar-refractivity contribution in [1.82, 2.24) is 25.1 Å². The monoisotopic (exact) mass is 369 g/mol. The summed E-state index contributed by atoms with van der Waals surface area (Å²) in [5.41, 5.74) is 1.78. The van der Waals surface area contributed by atoms with Gasteiger partial charge >= 0.3 is 0 Å². The standard InChI is InChI=1S/C18H19N5O2S/c1-12(14-4-3-9-19-10-14)20-16(24)11-23-17(21-22-18(23)26)13-5-7-15(25-2)8-6-13/h3-10,12H,11H2,1-2H3,(H,20,24)(H,22,26). The van der Waals surface area contributed by atoms with Gasteiger partial charge in [-0.1, -0.05) is 6.07 Å². The van der Waals surface area contributed by atoms with Crippen LogP contribution in [0.3, 0.4) is 0 Å². The van der Waals surface area contributed by atoms with Gasteiger partial charge in [-0.05, 0) is 55.0 Å². The number of amides is 1. The van der Waals surface area contributed by atoms with Crippen molar-refractivity contribution in [3.05, 3.63) is 59.1 Å². The summed E-state index contributed by atoms with van der Waals surface area (Å²) < 4.78 is 7.22. The Morgan fingerprint density at radius 2 is 2.12 bits per heavy atom. The summed E-state index contributed by atoms with van der Waals surface area (Å²) in [5, 5.41) is 9.95. The van der Waals surface area contributed by atoms with Gasteiger partial charge in [0.25, 0.3) is 0 Å². The van der Waals surface area contributed by atoms with Gasteiger partial charge in [0.15, 0.2) is 10.6 Å². The first-order valence-corrected chi connectivity index (χ1v) is 8.48. The molecule has 1 unspecified atom stereocenters. The number of ether oxygens (including phenoxy) is 1. The molecule has 1 aromatic carbocycles. The van der Waals surface area contributed by atoms with Crippen molar-refractivity contribution in [2.24, 2.45) is 0 Å². The molecule has 0 radical (unpaired) electrons. The van der Waals surface area contributed by atoms with E-state index in [-0.39, 0.29) is 18.5 Å². The second kappa shape index (κ2) is 7.92. The van der Waals surface area contributed by atoms with Crippen molar-refractivity contribution in [2.75, 3.05) is 7.11 Å². The maximum absolute atomic E-state index is 12.5. The predicted molar refractivity (Wildman–Crippen MR) is 100 cm³/mol. The number of H-pyrrole nitrogens is 1. The Kier molecular flexibility index (Phi) is 5.43. The van der Waals surface area contributed by atoms with Crippen LogP contribution in [0.25, 0.3) is 11.4 Å². The third-order valence-electron chi connectivity index (χ3n) is 3.97. The zero-order valence-electron chi connectivity index (χ0n) is 14.5. The largest absolute Gasteiger partial charge is 0.497 e. The van der Waals surface area contributed by atoms with E-state index in [0.29, 0.717) is 10.6 Å². The Bertz CT molecular complexity index is 934. The smallest absolute Gasteiger partial charge is 0.240 e. The highest BCUT2D eigenvalue weighted by atomic mass is 32.1. The Morgan fingerprint density at radius 1 is 1.35 bits per heavy atom. The zero-order chi connectivity index (χ0) is 18.5. The van der Waals surface area contributed by atoms with Crippen LogP contribution in [0.2, 0.25) is 0 Å². The van der Waals surface area contributed by atoms with Gasteiger partial charge in [0.1, 0.15) is 12.3 Å². The number of benzene rings is 1. The summed E-state index contributed by atoms with van der Waals surface area (Å²) >= 11 is 5.28. The lowest BCUT2D eigenvalue weighted by Gasteiger charge is -2.14. The van der Waals surface area contributed by atoms with Crippen LogP contribution in [0.1, 0.15) is 18.5 Å². The van der Waals surface area contributed by atoms with Crippen LogP contribution in [0.4, 0.5) is 0 Å². The van der Waals surface area contributed by atoms with Crippen LogP contribution >= 0.6 is 12.2 Å². The van der Waals surface area contributed by atoms with E-state index < -0.39 is 0 Å². The topological polar surface area (TPSA) is 84.8 Å². The predicted octanol–water partition coefficient (Wildman–Crippen LogP) is 2.89. The number of nitrogens with zero attached hydrogens (tertiary/aromatic N) is 3. The number of aromatic amines is 1. The van der Waals surface area contributed by atoms with Crippen molar-refractivity contribution in [1.29, 1.82) is 0 Å². The first-order valence-electron chi connectivity index (χ1n) is 8.07. The molecule has 134 valence electrons. The minimum Gasteiger partial charge on any atom is -0.497 e. The van der Waals surface area contributed by atoms with E-state index in [0.717, 1.165) is 16.9 Å². The third kappa shape index (κ3) is 3.97. The second-order valence-corrected chi connectivity index (χ2v) is 6.13. The van der Waals surface area contributed by atoms with E-state index in [1.54, 1.807) is 24.1 Å². The maximum atomic E-state index is 12.5. The van der Waals surface area contributed by atoms with E-state index in [9.17, 15) is 4.79 Å². The molecule has 0 spiro atoms. The molecular formula is C18H19N5O2S. The average Bonchev–Trinajstić information content (AvgIpc) is 3.03. The van der Waals surface area contributed by atoms with E-state index in [4.69, 9.17) is 17.0 Å². The van der Waals surface area contributed by atoms with Gasteiger partial charge in [0.2, 0.25) is 5.91 Å². The van der Waals surface area contributed by atoms with Gasteiger partial charge in [-0.25, -0.2) is 0 Å². The Balaban J connectivity index is 1.76. The van der Waals surface area contributed by atoms with E-state index in [2.05, 4.69) is 20.5 Å². The van der Waals surface area contributed by atoms with Gasteiger partial charge in [-0.3, -0.25) is 19.4 Å². The van der Waals surface area contributed by atoms with Gasteiger partial charge < -0.3 is 10.1 Å². The van der Waals surface area contributed by atoms with Crippen molar-refractivity contribution in [2.45, 2.75) is 19.5 Å². The lowest BCUT2D eigenvalue weighted by molar-refractivity contribution is -0.122. The van der Waals surface area contributed by atoms with Crippen LogP contribution in [-0.2, 0) is 11.3 Å². The molecule has 1 amide bonds. The highest BCUT2D eigenvalue weighted by Crippen LogP contribution is 2.21. The van der Waals surface area contributed by atoms with Gasteiger partial charge in [0, 0.05) is 18.0 Å². The molecule has 0 saturated carbocycles. The Labute approximate surface area is 156 Å². The highest BCUT2D eigenvalue weighted by Gasteiger charge is 2.15. The van der Waals surface area contributed by atoms with Gasteiger partial charge in [-0.15, -0.1) is 0 Å². The first-order chi connectivity index (χ1) is 12.6. The van der Waals surface area contributed by atoms with Crippen LogP contribution in [0.5, 0.6) is 5.75 Å². The average molecular weight is 369 g/mol. The lowest BCUT2D eigenvalue weighted by Crippen LogP contribution is -2.30. The quantitative estimate of drug-likeness (QED) is 0.653. The fourth-order valence-corrected chi connectivity index (χ4v) is 2.77. The fourth-order valence-electron chi connectivity index (χ4n) is 2.57. The molecule has 0 bridgehead atoms. The fraction of sp³-hybridized carbons (Fsp3) is 0.222. The van der Waals surface area contributed by atoms with E-state index >= 15 is 0 Å². The van der Waals surface area contributed by atoms with Crippen LogP contribution in [0, 0.1) is 4.77 Å². The number of carbonyl (C=O) groups excluding carboxylic acids is 1. The minimum atomic E-state index is -0.159. The molecule has 0 aliphatic rings. The second-order valence-electron chi connectivity index (χ2n) is 5.74. The normalized spacial score (nSPS) is 11.8. The molecule has 2 aromatic heterocycles. The molecule has 0 aliphatic heterocycles. The number of hydrogen-bond acceptors (Lipinski definition) is 5. The molecule has 7 nitrogen and oxygen atoms in total. The van der Waals surface area contributed by atoms with Crippen LogP contribution in [-0.4, -0.2) is 32.8 Å². The van der Waals surface area contributed by atoms with Crippen LogP contribution in [0.15, 0.2) is 48.8 Å². The Hall–Kier alpha value is -3.00. The summed E-state index contributed by atoms with van der Waals surface area (Å²) in [6, 6.07) is 11.0. The van der Waals surface area contributed by atoms with Crippen molar-refractivity contribution in [3.63, 3.8) is 0 Å². The molecule has 1 atom stereocenters. The van der Waals surface area contributed by atoms with Crippen molar-refractivity contribution < 1.29 is 9.53 Å². The number of hydrogen-bond donors (Lipinski definition) is 2. The number of pyridine rings is 1. The molecule has 2 N–H and O–H groups in total. The molecular weight excluding hydrogens is 350 g/mol. The van der Waals surface area contributed by atoms with E-state index in [1.165, 1.54) is 0 Å². The lowest BCUT2D eigenvalue weighted by atomic mass is 10.1. The molecule has 0 aliphatic carbocycles. The number of carbonyl (C=O) groups is 1. The molecule has 0 fully saturated rings. The van der Waals surface area contributed by atoms with Crippen molar-refractivity contribution in [3.8, 4) is 17.1 Å². The molecule has 26 heavy (non-hydrogen) atoms. The minimum absolute atomic E-state index is 0.0707. The third-order valence-corrected chi connectivity index (χ3v) is 4.28.